The first-order valence-corrected chi connectivity index (χ1v) is 18.5. The average molecular weight is 629 g/mol. The fourth-order valence-electron chi connectivity index (χ4n) is 6.89. The minimum absolute atomic E-state index is 0.141. The standard InChI is InChI=1S/C31H44N6O4S2/c1-21-14-26(15-22(2)41-21)36-12-10-35(11-13-36)18-25-19-42-29-27(33-31(34-28(25)29)37-8-6-5-7-9-37)23-16-24(20-43(4,38)39)30(40-3)32-17-23/h16-17,19,21-22,26H,5-15,18,20H2,1-4H3. The number of anilines is 1. The Bertz CT molecular complexity index is 1520. The van der Waals surface area contributed by atoms with Gasteiger partial charge in [-0.25, -0.2) is 23.4 Å². The second-order valence-electron chi connectivity index (χ2n) is 12.5. The Morgan fingerprint density at radius 2 is 1.72 bits per heavy atom. The number of methoxy groups -OCH3 is 1. The van der Waals surface area contributed by atoms with Gasteiger partial charge in [0, 0.05) is 81.0 Å². The third-order valence-electron chi connectivity index (χ3n) is 8.92. The smallest absolute Gasteiger partial charge is 0.226 e. The number of pyridine rings is 1. The van der Waals surface area contributed by atoms with Gasteiger partial charge in [0.15, 0.2) is 9.84 Å². The SMILES string of the molecule is COc1ncc(-c2nc(N3CCCCC3)nc3c(CN4CCN(C5CC(C)OC(C)C5)CC4)csc23)cc1CS(C)(=O)=O. The first kappa shape index (κ1) is 30.6. The van der Waals surface area contributed by atoms with Gasteiger partial charge in [-0.2, -0.15) is 0 Å². The molecule has 3 aliphatic rings. The number of sulfone groups is 1. The van der Waals surface area contributed by atoms with Gasteiger partial charge in [-0.05, 0) is 57.4 Å². The molecule has 234 valence electrons. The Kier molecular flexibility index (Phi) is 9.21. The van der Waals surface area contributed by atoms with Gasteiger partial charge < -0.3 is 14.4 Å². The Hall–Kier alpha value is -2.38. The number of hydrogen-bond donors (Lipinski definition) is 0. The van der Waals surface area contributed by atoms with Crippen LogP contribution in [0.5, 0.6) is 5.88 Å². The lowest BCUT2D eigenvalue weighted by Crippen LogP contribution is -2.52. The first-order chi connectivity index (χ1) is 20.7. The zero-order chi connectivity index (χ0) is 30.1. The molecule has 0 spiro atoms. The van der Waals surface area contributed by atoms with Crippen LogP contribution in [0.1, 0.15) is 57.1 Å². The van der Waals surface area contributed by atoms with E-state index in [2.05, 4.69) is 38.9 Å². The van der Waals surface area contributed by atoms with E-state index < -0.39 is 9.84 Å². The van der Waals surface area contributed by atoms with E-state index in [1.54, 1.807) is 17.5 Å². The summed E-state index contributed by atoms with van der Waals surface area (Å²) in [6, 6.07) is 2.47. The highest BCUT2D eigenvalue weighted by atomic mass is 32.2. The topological polar surface area (TPSA) is 101 Å². The number of thiophene rings is 1. The summed E-state index contributed by atoms with van der Waals surface area (Å²) >= 11 is 1.66. The molecule has 3 saturated heterocycles. The Balaban J connectivity index is 1.29. The molecule has 0 N–H and O–H groups in total. The van der Waals surface area contributed by atoms with Crippen molar-refractivity contribution >= 4 is 37.3 Å². The molecule has 2 atom stereocenters. The van der Waals surface area contributed by atoms with Crippen LogP contribution in [0, 0.1) is 0 Å². The van der Waals surface area contributed by atoms with Crippen molar-refractivity contribution in [1.82, 2.24) is 24.8 Å². The molecule has 0 aliphatic carbocycles. The van der Waals surface area contributed by atoms with Crippen LogP contribution in [-0.2, 0) is 26.9 Å². The number of rotatable bonds is 8. The molecule has 0 bridgehead atoms. The summed E-state index contributed by atoms with van der Waals surface area (Å²) in [5, 5.41) is 2.23. The van der Waals surface area contributed by atoms with Crippen molar-refractivity contribution in [2.45, 2.75) is 76.5 Å². The van der Waals surface area contributed by atoms with E-state index in [0.717, 1.165) is 98.9 Å². The third kappa shape index (κ3) is 7.14. The maximum atomic E-state index is 12.2. The van der Waals surface area contributed by atoms with Gasteiger partial charge in [0.2, 0.25) is 11.8 Å². The quantitative estimate of drug-likeness (QED) is 0.358. The molecule has 0 saturated carbocycles. The van der Waals surface area contributed by atoms with Crippen molar-refractivity contribution in [3.63, 3.8) is 0 Å². The highest BCUT2D eigenvalue weighted by molar-refractivity contribution is 7.89. The number of aromatic nitrogens is 3. The minimum Gasteiger partial charge on any atom is -0.481 e. The maximum Gasteiger partial charge on any atom is 0.226 e. The zero-order valence-corrected chi connectivity index (χ0v) is 27.4. The Morgan fingerprint density at radius 3 is 2.40 bits per heavy atom. The van der Waals surface area contributed by atoms with Crippen LogP contribution in [-0.4, -0.2) is 104 Å². The van der Waals surface area contributed by atoms with Crippen molar-refractivity contribution < 1.29 is 17.9 Å². The van der Waals surface area contributed by atoms with E-state index in [1.807, 2.05) is 6.07 Å². The van der Waals surface area contributed by atoms with Crippen molar-refractivity contribution in [2.75, 3.05) is 57.5 Å². The van der Waals surface area contributed by atoms with Gasteiger partial charge in [-0.3, -0.25) is 9.80 Å². The van der Waals surface area contributed by atoms with Crippen molar-refractivity contribution in [1.29, 1.82) is 0 Å². The van der Waals surface area contributed by atoms with Crippen LogP contribution in [0.3, 0.4) is 0 Å². The molecule has 6 heterocycles. The molecule has 2 unspecified atom stereocenters. The molecule has 0 radical (unpaired) electrons. The van der Waals surface area contributed by atoms with Crippen molar-refractivity contribution in [2.24, 2.45) is 0 Å². The van der Waals surface area contributed by atoms with Crippen LogP contribution < -0.4 is 9.64 Å². The third-order valence-corrected chi connectivity index (χ3v) is 10.8. The van der Waals surface area contributed by atoms with Crippen LogP contribution in [0.4, 0.5) is 5.95 Å². The largest absolute Gasteiger partial charge is 0.481 e. The lowest BCUT2D eigenvalue weighted by Gasteiger charge is -2.43. The summed E-state index contributed by atoms with van der Waals surface area (Å²) in [4.78, 5) is 22.2. The van der Waals surface area contributed by atoms with E-state index in [4.69, 9.17) is 19.4 Å². The monoisotopic (exact) mass is 628 g/mol. The van der Waals surface area contributed by atoms with Crippen LogP contribution >= 0.6 is 11.3 Å². The van der Waals surface area contributed by atoms with Gasteiger partial charge in [-0.1, -0.05) is 0 Å². The first-order valence-electron chi connectivity index (χ1n) is 15.5. The highest BCUT2D eigenvalue weighted by Gasteiger charge is 2.31. The van der Waals surface area contributed by atoms with E-state index in [9.17, 15) is 8.42 Å². The number of fused-ring (bicyclic) bond motifs is 1. The van der Waals surface area contributed by atoms with Crippen molar-refractivity contribution in [3.8, 4) is 17.1 Å². The molecule has 12 heteroatoms. The van der Waals surface area contributed by atoms with Crippen LogP contribution in [0.2, 0.25) is 0 Å². The van der Waals surface area contributed by atoms with Gasteiger partial charge >= 0.3 is 0 Å². The molecule has 43 heavy (non-hydrogen) atoms. The molecule has 3 fully saturated rings. The fraction of sp³-hybridized carbons (Fsp3) is 0.645. The number of ether oxygens (including phenoxy) is 2. The second kappa shape index (κ2) is 12.9. The van der Waals surface area contributed by atoms with Crippen LogP contribution in [0.15, 0.2) is 17.6 Å². The summed E-state index contributed by atoms with van der Waals surface area (Å²) in [5.41, 5.74) is 4.34. The summed E-state index contributed by atoms with van der Waals surface area (Å²) in [5.74, 6) is 0.929. The lowest BCUT2D eigenvalue weighted by atomic mass is 9.97. The van der Waals surface area contributed by atoms with E-state index >= 15 is 0 Å². The normalized spacial score (nSPS) is 24.5. The summed E-state index contributed by atoms with van der Waals surface area (Å²) in [7, 11) is -1.76. The van der Waals surface area contributed by atoms with Gasteiger partial charge in [-0.15, -0.1) is 11.3 Å². The van der Waals surface area contributed by atoms with E-state index in [0.29, 0.717) is 29.7 Å². The molecule has 3 aliphatic heterocycles. The summed E-state index contributed by atoms with van der Waals surface area (Å²) in [6.45, 7) is 11.3. The molecular weight excluding hydrogens is 585 g/mol. The number of nitrogens with zero attached hydrogens (tertiary/aromatic N) is 6. The summed E-state index contributed by atoms with van der Waals surface area (Å²) < 4.78 is 36.8. The van der Waals surface area contributed by atoms with E-state index in [-0.39, 0.29) is 5.75 Å². The number of hydrogen-bond acceptors (Lipinski definition) is 11. The predicted octanol–water partition coefficient (Wildman–Crippen LogP) is 4.37. The Morgan fingerprint density at radius 1 is 1.00 bits per heavy atom. The molecule has 6 rings (SSSR count). The maximum absolute atomic E-state index is 12.2. The average Bonchev–Trinajstić information content (AvgIpc) is 3.38. The molecular formula is C31H44N6O4S2. The van der Waals surface area contributed by atoms with Gasteiger partial charge in [0.25, 0.3) is 0 Å². The fourth-order valence-corrected chi connectivity index (χ4v) is 8.67. The van der Waals surface area contributed by atoms with Gasteiger partial charge in [0.1, 0.15) is 0 Å². The lowest BCUT2D eigenvalue weighted by molar-refractivity contribution is -0.0715. The Labute approximate surface area is 259 Å². The number of piperazine rings is 1. The molecule has 0 amide bonds. The van der Waals surface area contributed by atoms with Crippen LogP contribution in [0.25, 0.3) is 21.5 Å². The highest BCUT2D eigenvalue weighted by Crippen LogP contribution is 2.37. The number of piperidine rings is 1. The minimum atomic E-state index is -3.28. The zero-order valence-electron chi connectivity index (χ0n) is 25.8. The second-order valence-corrected chi connectivity index (χ2v) is 15.5. The molecule has 10 nitrogen and oxygen atoms in total. The molecule has 3 aromatic heterocycles. The van der Waals surface area contributed by atoms with Gasteiger partial charge in [0.05, 0.1) is 41.0 Å². The van der Waals surface area contributed by atoms with Crippen molar-refractivity contribution in [3.05, 3.63) is 28.8 Å². The van der Waals surface area contributed by atoms with E-state index in [1.165, 1.54) is 25.3 Å². The predicted molar refractivity (Wildman–Crippen MR) is 172 cm³/mol. The molecule has 3 aromatic rings. The summed E-state index contributed by atoms with van der Waals surface area (Å²) in [6.07, 6.45) is 9.34. The molecule has 0 aromatic carbocycles.